The monoisotopic (exact) mass is 676 g/mol. The molecule has 9 heteroatoms. The molecule has 0 bridgehead atoms. The first-order chi connectivity index (χ1) is 23.7. The maximum absolute atomic E-state index is 11.3. The predicted octanol–water partition coefficient (Wildman–Crippen LogP) is 6.48. The van der Waals surface area contributed by atoms with Gasteiger partial charge in [0, 0.05) is 49.3 Å². The first kappa shape index (κ1) is 36.4. The largest absolute Gasteiger partial charge is 0.489 e. The third-order valence-corrected chi connectivity index (χ3v) is 10.8. The van der Waals surface area contributed by atoms with Crippen LogP contribution >= 0.6 is 0 Å². The van der Waals surface area contributed by atoms with Crippen LogP contribution in [0.15, 0.2) is 48.6 Å². The highest BCUT2D eigenvalue weighted by molar-refractivity contribution is 5.69. The molecule has 9 nitrogen and oxygen atoms in total. The van der Waals surface area contributed by atoms with Crippen molar-refractivity contribution in [2.75, 3.05) is 27.4 Å². The second kappa shape index (κ2) is 16.7. The number of aliphatic hydroxyl groups excluding tert-OH is 1. The lowest BCUT2D eigenvalue weighted by Gasteiger charge is -2.18. The Labute approximate surface area is 290 Å². The summed E-state index contributed by atoms with van der Waals surface area (Å²) in [6.45, 7) is 6.41. The average molecular weight is 677 g/mol. The predicted molar refractivity (Wildman–Crippen MR) is 185 cm³/mol. The molecule has 8 atom stereocenters. The molecule has 0 aromatic heterocycles. The van der Waals surface area contributed by atoms with E-state index >= 15 is 0 Å². The zero-order valence-corrected chi connectivity index (χ0v) is 29.5. The SMILES string of the molecule is COC(=O)CCCc1cccc2c1O[C@H]1C[C@@H](C)[C@H](/C=C/COC(C)=O)[C@@H]21.COC(=O)CCCc1cccc2c1O[C@H]1C[C@@H](C)[C@H](CO)[C@@H]21. The molecular formula is C40H52O9. The van der Waals surface area contributed by atoms with Crippen molar-refractivity contribution in [2.45, 2.75) is 96.2 Å². The summed E-state index contributed by atoms with van der Waals surface area (Å²) in [5.74, 6) is 3.72. The number of benzene rings is 2. The Morgan fingerprint density at radius 2 is 1.35 bits per heavy atom. The van der Waals surface area contributed by atoms with Gasteiger partial charge in [-0.1, -0.05) is 62.4 Å². The minimum Gasteiger partial charge on any atom is -0.489 e. The molecular weight excluding hydrogens is 624 g/mol. The van der Waals surface area contributed by atoms with E-state index in [0.29, 0.717) is 49.0 Å². The second-order valence-electron chi connectivity index (χ2n) is 14.0. The maximum Gasteiger partial charge on any atom is 0.305 e. The van der Waals surface area contributed by atoms with Crippen molar-refractivity contribution in [1.29, 1.82) is 0 Å². The van der Waals surface area contributed by atoms with Crippen LogP contribution in [0, 0.1) is 23.7 Å². The number of carbonyl (C=O) groups excluding carboxylic acids is 3. The highest BCUT2D eigenvalue weighted by Gasteiger charge is 2.49. The number of hydrogen-bond donors (Lipinski definition) is 1. The molecule has 49 heavy (non-hydrogen) atoms. The van der Waals surface area contributed by atoms with E-state index in [1.807, 2.05) is 6.08 Å². The van der Waals surface area contributed by atoms with Crippen LogP contribution in [0.2, 0.25) is 0 Å². The van der Waals surface area contributed by atoms with Crippen LogP contribution in [0.3, 0.4) is 0 Å². The van der Waals surface area contributed by atoms with E-state index in [1.165, 1.54) is 43.4 Å². The summed E-state index contributed by atoms with van der Waals surface area (Å²) in [5, 5.41) is 9.70. The topological polar surface area (TPSA) is 118 Å². The van der Waals surface area contributed by atoms with Crippen molar-refractivity contribution in [3.63, 3.8) is 0 Å². The molecule has 0 saturated heterocycles. The van der Waals surface area contributed by atoms with Gasteiger partial charge in [0.1, 0.15) is 30.3 Å². The zero-order chi connectivity index (χ0) is 35.1. The molecule has 0 radical (unpaired) electrons. The summed E-state index contributed by atoms with van der Waals surface area (Å²) >= 11 is 0. The van der Waals surface area contributed by atoms with Gasteiger partial charge in [0.25, 0.3) is 0 Å². The lowest BCUT2D eigenvalue weighted by Crippen LogP contribution is -2.18. The van der Waals surface area contributed by atoms with Crippen molar-refractivity contribution in [1.82, 2.24) is 0 Å². The van der Waals surface area contributed by atoms with E-state index in [-0.39, 0.29) is 42.6 Å². The fraction of sp³-hybridized carbons (Fsp3) is 0.575. The molecule has 1 N–H and O–H groups in total. The van der Waals surface area contributed by atoms with Crippen LogP contribution in [-0.4, -0.2) is 62.7 Å². The smallest absolute Gasteiger partial charge is 0.305 e. The lowest BCUT2D eigenvalue weighted by molar-refractivity contribution is -0.141. The van der Waals surface area contributed by atoms with Crippen LogP contribution < -0.4 is 9.47 Å². The van der Waals surface area contributed by atoms with Gasteiger partial charge in [-0.25, -0.2) is 0 Å². The summed E-state index contributed by atoms with van der Waals surface area (Å²) in [7, 11) is 2.84. The minimum absolute atomic E-state index is 0.167. The van der Waals surface area contributed by atoms with Crippen LogP contribution in [0.1, 0.15) is 93.4 Å². The summed E-state index contributed by atoms with van der Waals surface area (Å²) < 4.78 is 27.0. The molecule has 266 valence electrons. The Balaban J connectivity index is 0.000000195. The van der Waals surface area contributed by atoms with Crippen molar-refractivity contribution in [3.8, 4) is 11.5 Å². The van der Waals surface area contributed by atoms with Gasteiger partial charge in [-0.3, -0.25) is 14.4 Å². The third kappa shape index (κ3) is 8.31. The number of esters is 3. The number of aliphatic hydroxyl groups is 1. The molecule has 4 aliphatic rings. The Morgan fingerprint density at radius 3 is 1.88 bits per heavy atom. The Hall–Kier alpha value is -3.85. The number of fused-ring (bicyclic) bond motifs is 6. The molecule has 2 aromatic rings. The van der Waals surface area contributed by atoms with Crippen molar-refractivity contribution >= 4 is 17.9 Å². The van der Waals surface area contributed by atoms with Crippen molar-refractivity contribution in [3.05, 3.63) is 70.8 Å². The molecule has 0 unspecified atom stereocenters. The number of aryl methyl sites for hydroxylation is 2. The number of carbonyl (C=O) groups is 3. The molecule has 2 saturated carbocycles. The van der Waals surface area contributed by atoms with E-state index in [9.17, 15) is 19.5 Å². The third-order valence-electron chi connectivity index (χ3n) is 10.8. The van der Waals surface area contributed by atoms with Gasteiger partial charge in [0.15, 0.2) is 0 Å². The fourth-order valence-electron chi connectivity index (χ4n) is 8.42. The van der Waals surface area contributed by atoms with Gasteiger partial charge in [0.05, 0.1) is 14.2 Å². The first-order valence-corrected chi connectivity index (χ1v) is 17.8. The Morgan fingerprint density at radius 1 is 0.816 bits per heavy atom. The normalized spacial score (nSPS) is 27.1. The highest BCUT2D eigenvalue weighted by Crippen LogP contribution is 2.55. The quantitative estimate of drug-likeness (QED) is 0.153. The first-order valence-electron chi connectivity index (χ1n) is 17.8. The number of methoxy groups -OCH3 is 2. The van der Waals surface area contributed by atoms with E-state index in [4.69, 9.17) is 18.9 Å². The van der Waals surface area contributed by atoms with E-state index < -0.39 is 0 Å². The summed E-state index contributed by atoms with van der Waals surface area (Å²) in [6, 6.07) is 12.6. The number of allylic oxidation sites excluding steroid dienone is 1. The van der Waals surface area contributed by atoms with E-state index in [0.717, 1.165) is 50.0 Å². The Kier molecular flexibility index (Phi) is 12.4. The summed E-state index contributed by atoms with van der Waals surface area (Å²) in [5.41, 5.74) is 4.84. The molecule has 2 aliphatic carbocycles. The fourth-order valence-corrected chi connectivity index (χ4v) is 8.42. The molecule has 2 aliphatic heterocycles. The number of hydrogen-bond acceptors (Lipinski definition) is 9. The number of rotatable bonds is 12. The summed E-state index contributed by atoms with van der Waals surface area (Å²) in [6.07, 6.45) is 10.5. The average Bonchev–Trinajstić information content (AvgIpc) is 3.81. The zero-order valence-electron chi connectivity index (χ0n) is 29.5. The van der Waals surface area contributed by atoms with Gasteiger partial charge in [-0.15, -0.1) is 0 Å². The standard InChI is InChI=1S/C22H28O5.C18H24O4/c1-14-13-19-21(17(14)10-6-12-26-15(2)23)18-9-4-7-16(22(18)27-19)8-5-11-20(24)25-3;1-11-9-15-17(14(11)10-19)13-7-3-5-12(18(13)22-15)6-4-8-16(20)21-2/h4,6-7,9-10,14,17,19,21H,5,8,11-13H2,1-3H3;3,5,7,11,14-15,17,19H,4,6,8-10H2,1-2H3/b10-6+;/t14-,17+,19+,21+;11-,14+,15+,17-/m11/s1. The van der Waals surface area contributed by atoms with Crippen LogP contribution in [0.5, 0.6) is 11.5 Å². The molecule has 2 fully saturated rings. The Bertz CT molecular complexity index is 1500. The van der Waals surface area contributed by atoms with Gasteiger partial charge in [-0.05, 0) is 73.3 Å². The molecule has 2 heterocycles. The number of para-hydroxylation sites is 2. The molecule has 2 aromatic carbocycles. The van der Waals surface area contributed by atoms with Crippen LogP contribution in [0.25, 0.3) is 0 Å². The second-order valence-corrected chi connectivity index (χ2v) is 14.0. The maximum atomic E-state index is 11.3. The van der Waals surface area contributed by atoms with Gasteiger partial charge in [-0.2, -0.15) is 0 Å². The lowest BCUT2D eigenvalue weighted by atomic mass is 9.84. The van der Waals surface area contributed by atoms with Crippen molar-refractivity contribution in [2.24, 2.45) is 23.7 Å². The van der Waals surface area contributed by atoms with Crippen molar-refractivity contribution < 1.29 is 43.2 Å². The van der Waals surface area contributed by atoms with Gasteiger partial charge < -0.3 is 28.8 Å². The highest BCUT2D eigenvalue weighted by atomic mass is 16.5. The molecule has 0 spiro atoms. The van der Waals surface area contributed by atoms with Gasteiger partial charge >= 0.3 is 17.9 Å². The van der Waals surface area contributed by atoms with E-state index in [2.05, 4.69) is 61.1 Å². The molecule has 0 amide bonds. The molecule has 6 rings (SSSR count). The van der Waals surface area contributed by atoms with Crippen LogP contribution in [0.4, 0.5) is 0 Å². The van der Waals surface area contributed by atoms with Crippen LogP contribution in [-0.2, 0) is 41.4 Å². The summed E-state index contributed by atoms with van der Waals surface area (Å²) in [4.78, 5) is 33.5. The van der Waals surface area contributed by atoms with Gasteiger partial charge in [0.2, 0.25) is 0 Å². The van der Waals surface area contributed by atoms with E-state index in [1.54, 1.807) is 0 Å². The minimum atomic E-state index is -0.261. The number of ether oxygens (including phenoxy) is 5.